The van der Waals surface area contributed by atoms with Gasteiger partial charge in [0.2, 0.25) is 0 Å². The average Bonchev–Trinajstić information content (AvgIpc) is 2.79. The van der Waals surface area contributed by atoms with Crippen molar-refractivity contribution in [2.45, 2.75) is 18.9 Å². The van der Waals surface area contributed by atoms with Crippen LogP contribution >= 0.6 is 0 Å². The normalized spacial score (nSPS) is 11.6. The van der Waals surface area contributed by atoms with Gasteiger partial charge in [0.05, 0.1) is 13.2 Å². The largest absolute Gasteiger partial charge is 0.493 e. The van der Waals surface area contributed by atoms with Crippen molar-refractivity contribution >= 4 is 5.97 Å². The number of aliphatic carboxylic acids is 1. The molecule has 0 fully saturated rings. The molecular weight excluding hydrogens is 382 g/mol. The Morgan fingerprint density at radius 1 is 0.867 bits per heavy atom. The number of methoxy groups -OCH3 is 1. The van der Waals surface area contributed by atoms with Gasteiger partial charge in [-0.1, -0.05) is 24.3 Å². The van der Waals surface area contributed by atoms with Gasteiger partial charge in [0, 0.05) is 32.3 Å². The van der Waals surface area contributed by atoms with Crippen LogP contribution in [0.15, 0.2) is 73.1 Å². The van der Waals surface area contributed by atoms with Crippen molar-refractivity contribution in [3.05, 3.63) is 78.6 Å². The zero-order valence-electron chi connectivity index (χ0n) is 16.9. The molecule has 1 aromatic heterocycles. The van der Waals surface area contributed by atoms with Crippen LogP contribution in [0.4, 0.5) is 0 Å². The molecular formula is C24H25NO5. The van der Waals surface area contributed by atoms with Crippen molar-refractivity contribution in [2.24, 2.45) is 0 Å². The summed E-state index contributed by atoms with van der Waals surface area (Å²) in [5.74, 6) is 0.595. The third kappa shape index (κ3) is 6.32. The van der Waals surface area contributed by atoms with Crippen molar-refractivity contribution in [1.29, 1.82) is 0 Å². The quantitative estimate of drug-likeness (QED) is 0.479. The summed E-state index contributed by atoms with van der Waals surface area (Å²) in [7, 11) is 1.40. The molecule has 0 spiro atoms. The second kappa shape index (κ2) is 11.0. The molecule has 6 heteroatoms. The zero-order valence-corrected chi connectivity index (χ0v) is 16.9. The van der Waals surface area contributed by atoms with Crippen molar-refractivity contribution in [2.75, 3.05) is 20.3 Å². The Labute approximate surface area is 176 Å². The lowest BCUT2D eigenvalue weighted by Crippen LogP contribution is -2.24. The second-order valence-electron chi connectivity index (χ2n) is 6.72. The number of ether oxygens (including phenoxy) is 3. The lowest BCUT2D eigenvalue weighted by atomic mass is 10.1. The smallest absolute Gasteiger partial charge is 0.333 e. The molecule has 0 radical (unpaired) electrons. The minimum atomic E-state index is -0.968. The fourth-order valence-electron chi connectivity index (χ4n) is 2.93. The number of hydrogen-bond donors (Lipinski definition) is 1. The second-order valence-corrected chi connectivity index (χ2v) is 6.72. The van der Waals surface area contributed by atoms with Crippen LogP contribution in [0.1, 0.15) is 12.0 Å². The number of benzene rings is 2. The number of carboxylic acids is 1. The molecule has 1 heterocycles. The van der Waals surface area contributed by atoms with Crippen molar-refractivity contribution < 1.29 is 24.1 Å². The highest BCUT2D eigenvalue weighted by atomic mass is 16.5. The van der Waals surface area contributed by atoms with Crippen LogP contribution in [0.3, 0.4) is 0 Å². The van der Waals surface area contributed by atoms with E-state index >= 15 is 0 Å². The first-order valence-electron chi connectivity index (χ1n) is 9.76. The Bertz CT molecular complexity index is 911. The van der Waals surface area contributed by atoms with Gasteiger partial charge < -0.3 is 19.3 Å². The molecule has 0 saturated heterocycles. The lowest BCUT2D eigenvalue weighted by Gasteiger charge is -2.11. The zero-order chi connectivity index (χ0) is 21.2. The van der Waals surface area contributed by atoms with Crippen LogP contribution in [-0.4, -0.2) is 42.5 Å². The van der Waals surface area contributed by atoms with Gasteiger partial charge in [-0.15, -0.1) is 0 Å². The third-order valence-corrected chi connectivity index (χ3v) is 4.60. The van der Waals surface area contributed by atoms with E-state index < -0.39 is 12.1 Å². The SMILES string of the molecule is COC(Cc1ccc(OCCCOc2ccc(-c3ccncc3)cc2)cc1)C(=O)O. The highest BCUT2D eigenvalue weighted by molar-refractivity contribution is 5.72. The Hall–Kier alpha value is -3.38. The highest BCUT2D eigenvalue weighted by Gasteiger charge is 2.16. The summed E-state index contributed by atoms with van der Waals surface area (Å²) in [5.41, 5.74) is 3.13. The molecule has 0 aliphatic rings. The first-order chi connectivity index (χ1) is 14.7. The summed E-state index contributed by atoms with van der Waals surface area (Å²) in [5, 5.41) is 9.04. The van der Waals surface area contributed by atoms with E-state index in [2.05, 4.69) is 4.98 Å². The van der Waals surface area contributed by atoms with Gasteiger partial charge in [0.1, 0.15) is 11.5 Å². The highest BCUT2D eigenvalue weighted by Crippen LogP contribution is 2.21. The molecule has 0 aliphatic carbocycles. The summed E-state index contributed by atoms with van der Waals surface area (Å²) in [6.45, 7) is 1.09. The van der Waals surface area contributed by atoms with E-state index in [9.17, 15) is 4.79 Å². The van der Waals surface area contributed by atoms with E-state index in [0.717, 1.165) is 34.6 Å². The molecule has 3 aromatic rings. The van der Waals surface area contributed by atoms with Crippen LogP contribution < -0.4 is 9.47 Å². The van der Waals surface area contributed by atoms with Gasteiger partial charge in [0.15, 0.2) is 6.10 Å². The van der Waals surface area contributed by atoms with Gasteiger partial charge in [-0.2, -0.15) is 0 Å². The van der Waals surface area contributed by atoms with Crippen LogP contribution in [-0.2, 0) is 16.0 Å². The van der Waals surface area contributed by atoms with Crippen molar-refractivity contribution in [3.8, 4) is 22.6 Å². The maximum Gasteiger partial charge on any atom is 0.333 e. The number of hydrogen-bond acceptors (Lipinski definition) is 5. The van der Waals surface area contributed by atoms with Crippen molar-refractivity contribution in [3.63, 3.8) is 0 Å². The molecule has 3 rings (SSSR count). The Balaban J connectivity index is 1.37. The Kier molecular flexibility index (Phi) is 7.80. The van der Waals surface area contributed by atoms with Gasteiger partial charge in [-0.25, -0.2) is 4.79 Å². The van der Waals surface area contributed by atoms with Gasteiger partial charge in [-0.3, -0.25) is 4.98 Å². The molecule has 1 N–H and O–H groups in total. The first kappa shape index (κ1) is 21.3. The standard InChI is InChI=1S/C24H25NO5/c1-28-23(24(26)27)17-18-3-7-21(8-4-18)29-15-2-16-30-22-9-5-19(6-10-22)20-11-13-25-14-12-20/h3-14,23H,2,15-17H2,1H3,(H,26,27). The number of nitrogens with zero attached hydrogens (tertiary/aromatic N) is 1. The van der Waals surface area contributed by atoms with Crippen LogP contribution in [0, 0.1) is 0 Å². The fourth-order valence-corrected chi connectivity index (χ4v) is 2.93. The summed E-state index contributed by atoms with van der Waals surface area (Å²) >= 11 is 0. The van der Waals surface area contributed by atoms with Crippen molar-refractivity contribution in [1.82, 2.24) is 4.98 Å². The van der Waals surface area contributed by atoms with E-state index in [0.29, 0.717) is 19.6 Å². The Morgan fingerprint density at radius 2 is 1.40 bits per heavy atom. The molecule has 30 heavy (non-hydrogen) atoms. The molecule has 6 nitrogen and oxygen atoms in total. The monoisotopic (exact) mass is 407 g/mol. The molecule has 156 valence electrons. The van der Waals surface area contributed by atoms with Crippen LogP contribution in [0.25, 0.3) is 11.1 Å². The van der Waals surface area contributed by atoms with E-state index in [-0.39, 0.29) is 0 Å². The van der Waals surface area contributed by atoms with E-state index in [4.69, 9.17) is 19.3 Å². The molecule has 2 aromatic carbocycles. The number of carboxylic acid groups (broad SMARTS) is 1. The Morgan fingerprint density at radius 3 is 1.93 bits per heavy atom. The van der Waals surface area contributed by atoms with E-state index in [1.807, 2.05) is 60.7 Å². The number of carbonyl (C=O) groups is 1. The molecule has 0 bridgehead atoms. The maximum absolute atomic E-state index is 11.0. The summed E-state index contributed by atoms with van der Waals surface area (Å²) in [4.78, 5) is 15.1. The van der Waals surface area contributed by atoms with E-state index in [1.165, 1.54) is 7.11 Å². The maximum atomic E-state index is 11.0. The minimum absolute atomic E-state index is 0.319. The molecule has 0 aliphatic heterocycles. The summed E-state index contributed by atoms with van der Waals surface area (Å²) < 4.78 is 16.4. The summed E-state index contributed by atoms with van der Waals surface area (Å²) in [6.07, 6.45) is 3.78. The predicted octanol–water partition coefficient (Wildman–Crippen LogP) is 4.24. The first-order valence-corrected chi connectivity index (χ1v) is 9.76. The average molecular weight is 407 g/mol. The third-order valence-electron chi connectivity index (χ3n) is 4.60. The summed E-state index contributed by atoms with van der Waals surface area (Å²) in [6, 6.07) is 19.3. The fraction of sp³-hybridized carbons (Fsp3) is 0.250. The number of pyridine rings is 1. The van der Waals surface area contributed by atoms with Gasteiger partial charge in [0.25, 0.3) is 0 Å². The topological polar surface area (TPSA) is 77.9 Å². The predicted molar refractivity (Wildman–Crippen MR) is 114 cm³/mol. The van der Waals surface area contributed by atoms with Gasteiger partial charge in [-0.05, 0) is 53.1 Å². The van der Waals surface area contributed by atoms with Crippen LogP contribution in [0.2, 0.25) is 0 Å². The van der Waals surface area contributed by atoms with Crippen LogP contribution in [0.5, 0.6) is 11.5 Å². The molecule has 1 unspecified atom stereocenters. The molecule has 0 amide bonds. The molecule has 1 atom stereocenters. The van der Waals surface area contributed by atoms with Gasteiger partial charge >= 0.3 is 5.97 Å². The minimum Gasteiger partial charge on any atom is -0.493 e. The molecule has 0 saturated carbocycles. The number of rotatable bonds is 11. The lowest BCUT2D eigenvalue weighted by molar-refractivity contribution is -0.148. The van der Waals surface area contributed by atoms with E-state index in [1.54, 1.807) is 12.4 Å². The number of aromatic nitrogens is 1.